The third-order valence-corrected chi connectivity index (χ3v) is 2.16. The van der Waals surface area contributed by atoms with Gasteiger partial charge in [-0.2, -0.15) is 5.26 Å². The number of carbonyl (C=O) groups excluding carboxylic acids is 2. The lowest BCUT2D eigenvalue weighted by atomic mass is 10.0. The van der Waals surface area contributed by atoms with Gasteiger partial charge in [-0.15, -0.1) is 0 Å². The number of halogens is 1. The van der Waals surface area contributed by atoms with E-state index >= 15 is 0 Å². The molecule has 0 bridgehead atoms. The summed E-state index contributed by atoms with van der Waals surface area (Å²) < 4.78 is 18.1. The first-order chi connectivity index (χ1) is 8.60. The number of hydrogen-bond donors (Lipinski definition) is 0. The van der Waals surface area contributed by atoms with Crippen LogP contribution in [0.5, 0.6) is 0 Å². The van der Waals surface area contributed by atoms with E-state index in [0.717, 1.165) is 0 Å². The number of Topliss-reactive ketones (excluding diaryl/α,β-unsaturated/α-hetero) is 1. The Labute approximate surface area is 104 Å². The third-order valence-electron chi connectivity index (χ3n) is 2.16. The van der Waals surface area contributed by atoms with Crippen molar-refractivity contribution in [3.63, 3.8) is 0 Å². The maximum Gasteiger partial charge on any atom is 0.349 e. The number of carbonyl (C=O) groups is 2. The molecule has 1 aromatic rings. The summed E-state index contributed by atoms with van der Waals surface area (Å²) in [7, 11) is 0. The number of hydrogen-bond acceptors (Lipinski definition) is 4. The minimum Gasteiger partial charge on any atom is -0.463 e. The van der Waals surface area contributed by atoms with Gasteiger partial charge in [-0.3, -0.25) is 4.79 Å². The first kappa shape index (κ1) is 13.8. The molecule has 0 amide bonds. The van der Waals surface area contributed by atoms with Gasteiger partial charge in [0, 0.05) is 5.56 Å². The Morgan fingerprint density at radius 3 is 2.83 bits per heavy atom. The molecule has 0 saturated heterocycles. The van der Waals surface area contributed by atoms with Crippen molar-refractivity contribution >= 4 is 11.8 Å². The van der Waals surface area contributed by atoms with Crippen LogP contribution in [-0.2, 0) is 9.53 Å². The lowest BCUT2D eigenvalue weighted by Crippen LogP contribution is -2.28. The molecule has 1 unspecified atom stereocenters. The monoisotopic (exact) mass is 249 g/mol. The number of esters is 1. The second-order valence-corrected chi connectivity index (χ2v) is 3.59. The average molecular weight is 249 g/mol. The molecular formula is C13H12FNO3. The van der Waals surface area contributed by atoms with Crippen LogP contribution in [0.3, 0.4) is 0 Å². The van der Waals surface area contributed by atoms with Crippen LogP contribution in [0.2, 0.25) is 0 Å². The molecule has 5 heteroatoms. The highest BCUT2D eigenvalue weighted by Gasteiger charge is 2.28. The van der Waals surface area contributed by atoms with E-state index in [4.69, 9.17) is 5.26 Å². The van der Waals surface area contributed by atoms with Gasteiger partial charge in [-0.25, -0.2) is 9.18 Å². The van der Waals surface area contributed by atoms with E-state index < -0.39 is 17.9 Å². The molecule has 1 atom stereocenters. The van der Waals surface area contributed by atoms with Gasteiger partial charge in [0.15, 0.2) is 0 Å². The average Bonchev–Trinajstić information content (AvgIpc) is 2.43. The normalized spacial score (nSPS) is 11.4. The van der Waals surface area contributed by atoms with Gasteiger partial charge >= 0.3 is 5.97 Å². The van der Waals surface area contributed by atoms with E-state index in [1.54, 1.807) is 6.92 Å². The Morgan fingerprint density at radius 2 is 2.22 bits per heavy atom. The standard InChI is InChI=1S/C13H12FNO3/c1-2-6-18-13(17)11(14)12(16)10-5-3-4-9(7-10)8-15/h3-5,7,11H,2,6H2,1H3. The van der Waals surface area contributed by atoms with Gasteiger partial charge < -0.3 is 4.74 Å². The van der Waals surface area contributed by atoms with Gasteiger partial charge in [0.25, 0.3) is 6.17 Å². The van der Waals surface area contributed by atoms with E-state index in [1.165, 1.54) is 24.3 Å². The molecule has 0 aliphatic heterocycles. The number of nitriles is 1. The van der Waals surface area contributed by atoms with Crippen LogP contribution in [0.15, 0.2) is 24.3 Å². The largest absolute Gasteiger partial charge is 0.463 e. The zero-order valence-electron chi connectivity index (χ0n) is 9.85. The van der Waals surface area contributed by atoms with Crippen LogP contribution in [-0.4, -0.2) is 24.5 Å². The first-order valence-corrected chi connectivity index (χ1v) is 5.45. The van der Waals surface area contributed by atoms with Crippen molar-refractivity contribution in [2.45, 2.75) is 19.5 Å². The zero-order valence-corrected chi connectivity index (χ0v) is 9.85. The SMILES string of the molecule is CCCOC(=O)C(F)C(=O)c1cccc(C#N)c1. The molecule has 0 aromatic heterocycles. The smallest absolute Gasteiger partial charge is 0.349 e. The zero-order chi connectivity index (χ0) is 13.5. The Kier molecular flexibility index (Phi) is 5.00. The minimum atomic E-state index is -2.34. The quantitative estimate of drug-likeness (QED) is 0.455. The van der Waals surface area contributed by atoms with Crippen molar-refractivity contribution in [3.8, 4) is 6.07 Å². The lowest BCUT2D eigenvalue weighted by molar-refractivity contribution is -0.147. The molecule has 94 valence electrons. The predicted octanol–water partition coefficient (Wildman–Crippen LogP) is 2.03. The molecule has 18 heavy (non-hydrogen) atoms. The van der Waals surface area contributed by atoms with E-state index in [2.05, 4.69) is 4.74 Å². The molecule has 4 nitrogen and oxygen atoms in total. The van der Waals surface area contributed by atoms with Crippen LogP contribution in [0, 0.1) is 11.3 Å². The summed E-state index contributed by atoms with van der Waals surface area (Å²) >= 11 is 0. The predicted molar refractivity (Wildman–Crippen MR) is 61.6 cm³/mol. The van der Waals surface area contributed by atoms with Crippen LogP contribution < -0.4 is 0 Å². The van der Waals surface area contributed by atoms with Crippen molar-refractivity contribution < 1.29 is 18.7 Å². The van der Waals surface area contributed by atoms with Crippen molar-refractivity contribution in [2.75, 3.05) is 6.61 Å². The molecule has 0 fully saturated rings. The number of benzene rings is 1. The Hall–Kier alpha value is -2.22. The molecular weight excluding hydrogens is 237 g/mol. The number of ketones is 1. The first-order valence-electron chi connectivity index (χ1n) is 5.45. The molecule has 0 N–H and O–H groups in total. The Balaban J connectivity index is 2.80. The fourth-order valence-corrected chi connectivity index (χ4v) is 1.27. The molecule has 0 spiro atoms. The topological polar surface area (TPSA) is 67.2 Å². The Morgan fingerprint density at radius 1 is 1.50 bits per heavy atom. The van der Waals surface area contributed by atoms with Crippen LogP contribution in [0.4, 0.5) is 4.39 Å². The van der Waals surface area contributed by atoms with Gasteiger partial charge in [-0.05, 0) is 18.6 Å². The number of alkyl halides is 1. The fourth-order valence-electron chi connectivity index (χ4n) is 1.27. The van der Waals surface area contributed by atoms with Crippen LogP contribution in [0.1, 0.15) is 29.3 Å². The van der Waals surface area contributed by atoms with E-state index in [0.29, 0.717) is 6.42 Å². The van der Waals surface area contributed by atoms with Crippen molar-refractivity contribution in [1.82, 2.24) is 0 Å². The van der Waals surface area contributed by atoms with E-state index in [9.17, 15) is 14.0 Å². The van der Waals surface area contributed by atoms with Crippen molar-refractivity contribution in [1.29, 1.82) is 5.26 Å². The fraction of sp³-hybridized carbons (Fsp3) is 0.308. The van der Waals surface area contributed by atoms with Gasteiger partial charge in [-0.1, -0.05) is 19.1 Å². The van der Waals surface area contributed by atoms with Gasteiger partial charge in [0.1, 0.15) is 0 Å². The minimum absolute atomic E-state index is 0.0185. The number of rotatable bonds is 5. The number of nitrogens with zero attached hydrogens (tertiary/aromatic N) is 1. The second kappa shape index (κ2) is 6.50. The highest BCUT2D eigenvalue weighted by atomic mass is 19.1. The Bertz CT molecular complexity index is 493. The summed E-state index contributed by atoms with van der Waals surface area (Å²) in [4.78, 5) is 22.8. The lowest BCUT2D eigenvalue weighted by Gasteiger charge is -2.07. The number of ether oxygens (including phenoxy) is 1. The highest BCUT2D eigenvalue weighted by Crippen LogP contribution is 2.10. The molecule has 1 rings (SSSR count). The molecule has 1 aromatic carbocycles. The van der Waals surface area contributed by atoms with Gasteiger partial charge in [0.05, 0.1) is 18.2 Å². The summed E-state index contributed by atoms with van der Waals surface area (Å²) in [5, 5.41) is 8.66. The molecule has 0 heterocycles. The van der Waals surface area contributed by atoms with Gasteiger partial charge in [0.2, 0.25) is 5.78 Å². The van der Waals surface area contributed by atoms with Crippen molar-refractivity contribution in [2.24, 2.45) is 0 Å². The van der Waals surface area contributed by atoms with Crippen molar-refractivity contribution in [3.05, 3.63) is 35.4 Å². The molecule has 0 aliphatic rings. The summed E-state index contributed by atoms with van der Waals surface area (Å²) in [6.07, 6.45) is -1.79. The third kappa shape index (κ3) is 3.39. The molecule has 0 saturated carbocycles. The second-order valence-electron chi connectivity index (χ2n) is 3.59. The highest BCUT2D eigenvalue weighted by molar-refractivity contribution is 6.11. The summed E-state index contributed by atoms with van der Waals surface area (Å²) in [5.41, 5.74) is 0.213. The molecule has 0 radical (unpaired) electrons. The maximum atomic E-state index is 13.5. The van der Waals surface area contributed by atoms with E-state index in [-0.39, 0.29) is 17.7 Å². The van der Waals surface area contributed by atoms with Crippen LogP contribution in [0.25, 0.3) is 0 Å². The summed E-state index contributed by atoms with van der Waals surface area (Å²) in [5.74, 6) is -2.18. The summed E-state index contributed by atoms with van der Waals surface area (Å²) in [6.45, 7) is 1.84. The molecule has 0 aliphatic carbocycles. The summed E-state index contributed by atoms with van der Waals surface area (Å²) in [6, 6.07) is 7.36. The maximum absolute atomic E-state index is 13.5. The van der Waals surface area contributed by atoms with E-state index in [1.807, 2.05) is 6.07 Å². The van der Waals surface area contributed by atoms with Crippen LogP contribution >= 0.6 is 0 Å².